The van der Waals surface area contributed by atoms with Crippen LogP contribution in [-0.2, 0) is 0 Å². The number of fused-ring (bicyclic) bond motifs is 7. The Morgan fingerprint density at radius 3 is 1.55 bits per heavy atom. The molecule has 0 saturated carbocycles. The van der Waals surface area contributed by atoms with Crippen LogP contribution in [0.2, 0.25) is 0 Å². The highest BCUT2D eigenvalue weighted by atomic mass is 15.2. The molecule has 1 atom stereocenters. The number of hydrogen-bond donors (Lipinski definition) is 0. The Kier molecular flexibility index (Phi) is 7.59. The van der Waals surface area contributed by atoms with E-state index < -0.39 is 0 Å². The van der Waals surface area contributed by atoms with E-state index in [9.17, 15) is 0 Å². The van der Waals surface area contributed by atoms with Crippen molar-refractivity contribution in [1.82, 2.24) is 19.1 Å². The van der Waals surface area contributed by atoms with E-state index in [1.807, 2.05) is 0 Å². The monoisotopic (exact) mass is 716 g/mol. The average Bonchev–Trinajstić information content (AvgIpc) is 3.81. The second-order valence-electron chi connectivity index (χ2n) is 14.6. The topological polar surface area (TPSA) is 35.6 Å². The molecule has 0 saturated heterocycles. The Balaban J connectivity index is 1.28. The maximum Gasteiger partial charge on any atom is 0.235 e. The van der Waals surface area contributed by atoms with Crippen LogP contribution in [0.15, 0.2) is 200 Å². The van der Waals surface area contributed by atoms with E-state index in [4.69, 9.17) is 9.97 Å². The molecule has 56 heavy (non-hydrogen) atoms. The Labute approximate surface area is 325 Å². The minimum absolute atomic E-state index is 0.154. The van der Waals surface area contributed by atoms with Gasteiger partial charge in [-0.3, -0.25) is 4.57 Å². The van der Waals surface area contributed by atoms with E-state index in [2.05, 4.69) is 209 Å². The number of nitrogens with zero attached hydrogens (tertiary/aromatic N) is 4. The molecule has 11 rings (SSSR count). The summed E-state index contributed by atoms with van der Waals surface area (Å²) in [6.45, 7) is 0. The van der Waals surface area contributed by atoms with Crippen LogP contribution in [0.25, 0.3) is 88.8 Å². The molecule has 1 aliphatic carbocycles. The van der Waals surface area contributed by atoms with Gasteiger partial charge in [-0.2, -0.15) is 0 Å². The molecular formula is C52H36N4. The zero-order valence-electron chi connectivity index (χ0n) is 30.6. The van der Waals surface area contributed by atoms with Crippen molar-refractivity contribution in [2.45, 2.75) is 12.3 Å². The molecule has 7 aromatic carbocycles. The third-order valence-corrected chi connectivity index (χ3v) is 11.2. The fraction of sp³-hybridized carbons (Fsp3) is 0.0385. The summed E-state index contributed by atoms with van der Waals surface area (Å²) < 4.78 is 4.79. The Hall–Kier alpha value is -7.30. The van der Waals surface area contributed by atoms with E-state index in [1.165, 1.54) is 38.4 Å². The number of hydrogen-bond acceptors (Lipinski definition) is 2. The van der Waals surface area contributed by atoms with Gasteiger partial charge in [0.1, 0.15) is 0 Å². The Morgan fingerprint density at radius 2 is 0.964 bits per heavy atom. The summed E-state index contributed by atoms with van der Waals surface area (Å²) >= 11 is 0. The van der Waals surface area contributed by atoms with Crippen LogP contribution >= 0.6 is 0 Å². The van der Waals surface area contributed by atoms with Crippen molar-refractivity contribution in [1.29, 1.82) is 0 Å². The lowest BCUT2D eigenvalue weighted by Gasteiger charge is -2.17. The molecule has 3 aromatic heterocycles. The van der Waals surface area contributed by atoms with Gasteiger partial charge in [0.25, 0.3) is 0 Å². The van der Waals surface area contributed by atoms with Crippen molar-refractivity contribution >= 4 is 43.6 Å². The van der Waals surface area contributed by atoms with Crippen LogP contribution in [0, 0.1) is 0 Å². The molecule has 0 fully saturated rings. The first-order valence-corrected chi connectivity index (χ1v) is 19.3. The normalized spacial score (nSPS) is 14.0. The van der Waals surface area contributed by atoms with E-state index in [0.717, 1.165) is 56.5 Å². The quantitative estimate of drug-likeness (QED) is 0.172. The van der Waals surface area contributed by atoms with Gasteiger partial charge >= 0.3 is 0 Å². The minimum Gasteiger partial charge on any atom is -0.307 e. The molecule has 4 heteroatoms. The Bertz CT molecular complexity index is 3090. The molecule has 1 unspecified atom stereocenters. The molecule has 0 bridgehead atoms. The lowest BCUT2D eigenvalue weighted by Crippen LogP contribution is -2.09. The summed E-state index contributed by atoms with van der Waals surface area (Å²) in [7, 11) is 0. The molecule has 0 radical (unpaired) electrons. The summed E-state index contributed by atoms with van der Waals surface area (Å²) in [5.74, 6) is 0.823. The van der Waals surface area contributed by atoms with Crippen LogP contribution in [0.4, 0.5) is 0 Å². The highest BCUT2D eigenvalue weighted by Crippen LogP contribution is 2.43. The molecule has 1 aliphatic rings. The second-order valence-corrected chi connectivity index (χ2v) is 14.6. The first-order valence-electron chi connectivity index (χ1n) is 19.3. The SMILES string of the molecule is C1=CCC(c2cc(-c3ccccc3)nc(-n3c4ccccc4c4ccc5c6ccccc6n(-c6cc(-c7ccccc7)cc(-c7ccccc7)c6)c5c43)n2)C=C1. The third-order valence-electron chi connectivity index (χ3n) is 11.2. The van der Waals surface area contributed by atoms with Crippen molar-refractivity contribution in [2.75, 3.05) is 0 Å². The van der Waals surface area contributed by atoms with E-state index in [-0.39, 0.29) is 5.92 Å². The van der Waals surface area contributed by atoms with Crippen LogP contribution in [-0.4, -0.2) is 19.1 Å². The predicted octanol–water partition coefficient (Wildman–Crippen LogP) is 13.3. The zero-order valence-corrected chi connectivity index (χ0v) is 30.6. The van der Waals surface area contributed by atoms with Crippen molar-refractivity contribution in [3.05, 3.63) is 206 Å². The van der Waals surface area contributed by atoms with Crippen LogP contribution in [0.5, 0.6) is 0 Å². The largest absolute Gasteiger partial charge is 0.307 e. The van der Waals surface area contributed by atoms with Crippen LogP contribution in [0.1, 0.15) is 18.0 Å². The summed E-state index contributed by atoms with van der Waals surface area (Å²) in [6.07, 6.45) is 9.63. The average molecular weight is 717 g/mol. The van der Waals surface area contributed by atoms with Gasteiger partial charge in [0.2, 0.25) is 5.95 Å². The molecule has 3 heterocycles. The lowest BCUT2D eigenvalue weighted by atomic mass is 9.96. The Morgan fingerprint density at radius 1 is 0.429 bits per heavy atom. The van der Waals surface area contributed by atoms with E-state index >= 15 is 0 Å². The van der Waals surface area contributed by atoms with Gasteiger partial charge in [-0.1, -0.05) is 164 Å². The number of para-hydroxylation sites is 2. The van der Waals surface area contributed by atoms with Crippen LogP contribution < -0.4 is 0 Å². The highest BCUT2D eigenvalue weighted by molar-refractivity contribution is 6.23. The van der Waals surface area contributed by atoms with Gasteiger partial charge in [0, 0.05) is 38.7 Å². The smallest absolute Gasteiger partial charge is 0.235 e. The third kappa shape index (κ3) is 5.30. The molecular weight excluding hydrogens is 681 g/mol. The first kappa shape index (κ1) is 32.2. The van der Waals surface area contributed by atoms with Crippen LogP contribution in [0.3, 0.4) is 0 Å². The molecule has 4 nitrogen and oxygen atoms in total. The molecule has 10 aromatic rings. The fourth-order valence-electron chi connectivity index (χ4n) is 8.61. The van der Waals surface area contributed by atoms with Crippen molar-refractivity contribution in [3.8, 4) is 45.1 Å². The molecule has 0 amide bonds. The van der Waals surface area contributed by atoms with Gasteiger partial charge in [-0.25, -0.2) is 9.97 Å². The fourth-order valence-corrected chi connectivity index (χ4v) is 8.61. The maximum atomic E-state index is 5.45. The number of aromatic nitrogens is 4. The lowest BCUT2D eigenvalue weighted by molar-refractivity contribution is 0.797. The van der Waals surface area contributed by atoms with Crippen molar-refractivity contribution < 1.29 is 0 Å². The predicted molar refractivity (Wildman–Crippen MR) is 233 cm³/mol. The van der Waals surface area contributed by atoms with Crippen molar-refractivity contribution in [2.24, 2.45) is 0 Å². The van der Waals surface area contributed by atoms with Gasteiger partial charge in [-0.15, -0.1) is 0 Å². The summed E-state index contributed by atoms with van der Waals surface area (Å²) in [4.78, 5) is 10.9. The van der Waals surface area contributed by atoms with E-state index in [1.54, 1.807) is 0 Å². The van der Waals surface area contributed by atoms with Gasteiger partial charge < -0.3 is 4.57 Å². The van der Waals surface area contributed by atoms with Gasteiger partial charge in [0.05, 0.1) is 33.5 Å². The number of allylic oxidation sites excluding steroid dienone is 4. The summed E-state index contributed by atoms with van der Waals surface area (Å²) in [5, 5.41) is 4.71. The summed E-state index contributed by atoms with van der Waals surface area (Å²) in [6, 6.07) is 63.1. The highest BCUT2D eigenvalue weighted by Gasteiger charge is 2.24. The second kappa shape index (κ2) is 13.2. The van der Waals surface area contributed by atoms with E-state index in [0.29, 0.717) is 5.95 Å². The summed E-state index contributed by atoms with van der Waals surface area (Å²) in [5.41, 5.74) is 13.2. The standard InChI is InChI=1S/C52H36N4/c1-5-17-35(18-6-1)39-31-40(36-19-7-2-8-20-36)33-41(32-39)55-48-27-15-13-25-42(48)44-29-30-45-43-26-14-16-28-49(43)56(51(45)50(44)55)52-53-46(37-21-9-3-10-22-37)34-47(54-52)38-23-11-4-12-24-38/h1-23,25-34,38H,24H2. The van der Waals surface area contributed by atoms with Gasteiger partial charge in [-0.05, 0) is 65.1 Å². The van der Waals surface area contributed by atoms with Crippen molar-refractivity contribution in [3.63, 3.8) is 0 Å². The molecule has 0 spiro atoms. The molecule has 264 valence electrons. The minimum atomic E-state index is 0.154. The first-order chi connectivity index (χ1) is 27.8. The molecule has 0 aliphatic heterocycles. The molecule has 0 N–H and O–H groups in total. The number of benzene rings is 7. The maximum absolute atomic E-state index is 5.45. The zero-order chi connectivity index (χ0) is 37.0. The van der Waals surface area contributed by atoms with Gasteiger partial charge in [0.15, 0.2) is 0 Å². The number of rotatable bonds is 6.